The van der Waals surface area contributed by atoms with E-state index in [2.05, 4.69) is 6.92 Å². The maximum absolute atomic E-state index is 9.61. The van der Waals surface area contributed by atoms with Crippen molar-refractivity contribution in [2.45, 2.75) is 110 Å². The average molecular weight is 332 g/mol. The third-order valence-corrected chi connectivity index (χ3v) is 4.29. The van der Waals surface area contributed by atoms with Crippen molar-refractivity contribution in [2.75, 3.05) is 0 Å². The van der Waals surface area contributed by atoms with Gasteiger partial charge in [0.2, 0.25) is 0 Å². The van der Waals surface area contributed by atoms with Crippen molar-refractivity contribution in [2.24, 2.45) is 11.7 Å². The maximum Gasteiger partial charge on any atom is 0.303 e. The number of aliphatic carboxylic acids is 1. The molecule has 4 heteroatoms. The summed E-state index contributed by atoms with van der Waals surface area (Å²) in [5.41, 5.74) is 4.65. The van der Waals surface area contributed by atoms with Gasteiger partial charge in [-0.2, -0.15) is 0 Å². The Hall–Kier alpha value is -0.610. The van der Waals surface area contributed by atoms with Gasteiger partial charge < -0.3 is 15.9 Å². The van der Waals surface area contributed by atoms with Crippen molar-refractivity contribution in [1.29, 1.82) is 0 Å². The first kappa shape index (κ1) is 24.6. The van der Waals surface area contributed by atoms with Crippen molar-refractivity contribution >= 4 is 5.97 Å². The van der Waals surface area contributed by atoms with Crippen LogP contribution >= 0.6 is 0 Å². The number of carbonyl (C=O) groups is 1. The molecule has 0 aliphatic heterocycles. The number of hydrogen-bond donors (Lipinski definition) is 3. The van der Waals surface area contributed by atoms with Gasteiger partial charge in [0.05, 0.1) is 0 Å². The molecule has 0 aromatic carbocycles. The van der Waals surface area contributed by atoms with Gasteiger partial charge in [0, 0.05) is 6.42 Å². The topological polar surface area (TPSA) is 83.5 Å². The first-order valence-electron chi connectivity index (χ1n) is 9.48. The third-order valence-electron chi connectivity index (χ3n) is 4.29. The molecule has 2 atom stereocenters. The lowest BCUT2D eigenvalue weighted by molar-refractivity contribution is -0.136. The lowest BCUT2D eigenvalue weighted by Crippen LogP contribution is -2.42. The van der Waals surface area contributed by atoms with E-state index in [0.717, 1.165) is 6.42 Å². The molecule has 0 radical (unpaired) electrons. The molecule has 0 rings (SSSR count). The maximum atomic E-state index is 9.61. The summed E-state index contributed by atoms with van der Waals surface area (Å²) in [4.78, 5) is 9.37. The number of carboxylic acids is 1. The zero-order valence-electron chi connectivity index (χ0n) is 15.9. The number of nitrogens with two attached hydrogens (primary N) is 1. The van der Waals surface area contributed by atoms with Crippen LogP contribution in [0.2, 0.25) is 0 Å². The minimum Gasteiger partial charge on any atom is -0.481 e. The third kappa shape index (κ3) is 21.4. The van der Waals surface area contributed by atoms with Crippen LogP contribution in [-0.4, -0.2) is 21.9 Å². The van der Waals surface area contributed by atoms with E-state index in [1.807, 2.05) is 6.92 Å². The van der Waals surface area contributed by atoms with Crippen LogP contribution < -0.4 is 5.73 Å². The van der Waals surface area contributed by atoms with Gasteiger partial charge in [-0.15, -0.1) is 0 Å². The highest BCUT2D eigenvalue weighted by Gasteiger charge is 2.21. The molecule has 4 nitrogen and oxygen atoms in total. The summed E-state index contributed by atoms with van der Waals surface area (Å²) in [7, 11) is 0. The molecule has 0 aliphatic rings. The van der Waals surface area contributed by atoms with Gasteiger partial charge in [0.1, 0.15) is 5.72 Å². The van der Waals surface area contributed by atoms with E-state index < -0.39 is 11.7 Å². The highest BCUT2D eigenvalue weighted by Crippen LogP contribution is 2.19. The Morgan fingerprint density at radius 2 is 1.30 bits per heavy atom. The summed E-state index contributed by atoms with van der Waals surface area (Å²) < 4.78 is 0. The van der Waals surface area contributed by atoms with Gasteiger partial charge in [0.15, 0.2) is 0 Å². The highest BCUT2D eigenvalue weighted by atomic mass is 16.4. The van der Waals surface area contributed by atoms with Crippen molar-refractivity contribution in [3.8, 4) is 0 Å². The molecular formula is C19H41NO3. The number of rotatable bonds is 13. The summed E-state index contributed by atoms with van der Waals surface area (Å²) in [6, 6.07) is 0. The molecule has 23 heavy (non-hydrogen) atoms. The van der Waals surface area contributed by atoms with E-state index >= 15 is 0 Å². The van der Waals surface area contributed by atoms with Gasteiger partial charge in [0.25, 0.3) is 0 Å². The largest absolute Gasteiger partial charge is 0.481 e. The Kier molecular flexibility index (Phi) is 17.4. The smallest absolute Gasteiger partial charge is 0.303 e. The van der Waals surface area contributed by atoms with Crippen LogP contribution in [0.3, 0.4) is 0 Å². The van der Waals surface area contributed by atoms with Crippen molar-refractivity contribution in [1.82, 2.24) is 0 Å². The van der Waals surface area contributed by atoms with Crippen molar-refractivity contribution < 1.29 is 15.0 Å². The summed E-state index contributed by atoms with van der Waals surface area (Å²) in [5, 5.41) is 17.3. The fourth-order valence-corrected chi connectivity index (χ4v) is 2.23. The molecule has 0 aliphatic carbocycles. The Labute approximate surface area is 143 Å². The number of aliphatic hydroxyl groups is 1. The SMILES string of the molecule is CCC(=O)O.CCCCCCCCCCCCC(C)C(C)(N)O. The van der Waals surface area contributed by atoms with E-state index in [1.54, 1.807) is 13.8 Å². The monoisotopic (exact) mass is 331 g/mol. The Morgan fingerprint density at radius 3 is 1.61 bits per heavy atom. The summed E-state index contributed by atoms with van der Waals surface area (Å²) in [6.07, 6.45) is 14.8. The second-order valence-corrected chi connectivity index (χ2v) is 6.84. The highest BCUT2D eigenvalue weighted by molar-refractivity contribution is 5.66. The van der Waals surface area contributed by atoms with Crippen LogP contribution in [0.25, 0.3) is 0 Å². The molecule has 0 saturated heterocycles. The van der Waals surface area contributed by atoms with E-state index in [4.69, 9.17) is 10.8 Å². The van der Waals surface area contributed by atoms with E-state index in [-0.39, 0.29) is 12.3 Å². The van der Waals surface area contributed by atoms with Gasteiger partial charge in [-0.05, 0) is 19.3 Å². The molecule has 0 amide bonds. The molecule has 2 unspecified atom stereocenters. The van der Waals surface area contributed by atoms with Crippen molar-refractivity contribution in [3.63, 3.8) is 0 Å². The zero-order chi connectivity index (χ0) is 18.1. The number of carboxylic acid groups (broad SMARTS) is 1. The van der Waals surface area contributed by atoms with E-state index in [1.165, 1.54) is 64.2 Å². The predicted molar refractivity (Wildman–Crippen MR) is 98.4 cm³/mol. The van der Waals surface area contributed by atoms with Crippen LogP contribution in [0.15, 0.2) is 0 Å². The minimum absolute atomic E-state index is 0.201. The fourth-order valence-electron chi connectivity index (χ4n) is 2.23. The predicted octanol–water partition coefficient (Wildman–Crippen LogP) is 5.08. The van der Waals surface area contributed by atoms with Crippen LogP contribution in [0, 0.1) is 5.92 Å². The van der Waals surface area contributed by atoms with Crippen molar-refractivity contribution in [3.05, 3.63) is 0 Å². The van der Waals surface area contributed by atoms with Crippen LogP contribution in [-0.2, 0) is 4.79 Å². The van der Waals surface area contributed by atoms with Gasteiger partial charge in [-0.1, -0.05) is 85.0 Å². The van der Waals surface area contributed by atoms with E-state index in [0.29, 0.717) is 0 Å². The molecule has 0 saturated carbocycles. The minimum atomic E-state index is -1.00. The molecular weight excluding hydrogens is 290 g/mol. The molecule has 4 N–H and O–H groups in total. The Morgan fingerprint density at radius 1 is 0.957 bits per heavy atom. The Balaban J connectivity index is 0. The summed E-state index contributed by atoms with van der Waals surface area (Å²) in [6.45, 7) is 7.60. The second kappa shape index (κ2) is 16.3. The lowest BCUT2D eigenvalue weighted by Gasteiger charge is -2.25. The van der Waals surface area contributed by atoms with E-state index in [9.17, 15) is 9.90 Å². The normalized spacial score (nSPS) is 14.5. The summed E-state index contributed by atoms with van der Waals surface area (Å²) in [5.74, 6) is -0.545. The lowest BCUT2D eigenvalue weighted by atomic mass is 9.93. The van der Waals surface area contributed by atoms with Gasteiger partial charge >= 0.3 is 5.97 Å². The molecule has 0 aromatic heterocycles. The van der Waals surface area contributed by atoms with Crippen LogP contribution in [0.5, 0.6) is 0 Å². The molecule has 0 bridgehead atoms. The molecule has 0 fully saturated rings. The molecule has 0 heterocycles. The second-order valence-electron chi connectivity index (χ2n) is 6.84. The van der Waals surface area contributed by atoms with Gasteiger partial charge in [-0.3, -0.25) is 4.79 Å². The average Bonchev–Trinajstić information content (AvgIpc) is 2.48. The number of unbranched alkanes of at least 4 members (excludes halogenated alkanes) is 9. The molecule has 140 valence electrons. The van der Waals surface area contributed by atoms with Crippen LogP contribution in [0.4, 0.5) is 0 Å². The standard InChI is InChI=1S/C16H35NO.C3H6O2/c1-4-5-6-7-8-9-10-11-12-13-14-15(2)16(3,17)18;1-2-3(4)5/h15,18H,4-14,17H2,1-3H3;2H2,1H3,(H,4,5). The quantitative estimate of drug-likeness (QED) is 0.324. The summed E-state index contributed by atoms with van der Waals surface area (Å²) >= 11 is 0. The first-order valence-corrected chi connectivity index (χ1v) is 9.48. The Bertz CT molecular complexity index is 262. The van der Waals surface area contributed by atoms with Gasteiger partial charge in [-0.25, -0.2) is 0 Å². The van der Waals surface area contributed by atoms with Crippen LogP contribution in [0.1, 0.15) is 105 Å². The fraction of sp³-hybridized carbons (Fsp3) is 0.947. The zero-order valence-corrected chi connectivity index (χ0v) is 15.9. The molecule has 0 aromatic rings. The molecule has 0 spiro atoms. The first-order chi connectivity index (χ1) is 10.8. The number of hydrogen-bond acceptors (Lipinski definition) is 3.